The number of nitrogens with one attached hydrogen (secondary N) is 2. The highest BCUT2D eigenvalue weighted by Gasteiger charge is 2.33. The number of benzene rings is 3. The number of ether oxygens (including phenoxy) is 1. The molecule has 3 aromatic carbocycles. The molecule has 0 saturated carbocycles. The molecule has 43 heavy (non-hydrogen) atoms. The molecule has 1 aliphatic heterocycles. The topological polar surface area (TPSA) is 113 Å². The number of carbonyl (C=O) groups excluding carboxylic acids is 1. The zero-order valence-corrected chi connectivity index (χ0v) is 24.9. The molecule has 0 bridgehead atoms. The average Bonchev–Trinajstić information content (AvgIpc) is 3.81. The minimum Gasteiger partial charge on any atom is -0.445 e. The van der Waals surface area contributed by atoms with Crippen molar-refractivity contribution >= 4 is 6.09 Å². The van der Waals surface area contributed by atoms with Gasteiger partial charge in [0.15, 0.2) is 0 Å². The number of amides is 1. The summed E-state index contributed by atoms with van der Waals surface area (Å²) in [5.41, 5.74) is 13.5. The Morgan fingerprint density at radius 3 is 2.09 bits per heavy atom. The van der Waals surface area contributed by atoms with Crippen LogP contribution >= 0.6 is 0 Å². The monoisotopic (exact) mass is 574 g/mol. The van der Waals surface area contributed by atoms with Crippen molar-refractivity contribution in [1.82, 2.24) is 24.8 Å². The first-order chi connectivity index (χ1) is 20.8. The predicted octanol–water partition coefficient (Wildman–Crippen LogP) is 7.65. The molecule has 1 saturated heterocycles. The number of likely N-dealkylation sites (tertiary alicyclic amines) is 1. The van der Waals surface area contributed by atoms with Gasteiger partial charge < -0.3 is 20.4 Å². The van der Waals surface area contributed by atoms with E-state index in [2.05, 4.69) is 89.2 Å². The second-order valence-electron chi connectivity index (χ2n) is 12.3. The van der Waals surface area contributed by atoms with Gasteiger partial charge in [0.2, 0.25) is 0 Å². The van der Waals surface area contributed by atoms with E-state index in [0.29, 0.717) is 6.54 Å². The molecular weight excluding hydrogens is 536 g/mol. The van der Waals surface area contributed by atoms with Gasteiger partial charge in [-0.1, -0.05) is 99.6 Å². The molecule has 0 aliphatic carbocycles. The van der Waals surface area contributed by atoms with Crippen LogP contribution in [0.5, 0.6) is 0 Å². The number of H-pyrrole nitrogens is 2. The Hall–Kier alpha value is -4.69. The van der Waals surface area contributed by atoms with Crippen LogP contribution in [0.3, 0.4) is 0 Å². The van der Waals surface area contributed by atoms with Crippen molar-refractivity contribution < 1.29 is 9.53 Å². The summed E-state index contributed by atoms with van der Waals surface area (Å²) in [4.78, 5) is 30.7. The van der Waals surface area contributed by atoms with Crippen LogP contribution in [0, 0.1) is 5.41 Å². The number of rotatable bonds is 7. The summed E-state index contributed by atoms with van der Waals surface area (Å²) >= 11 is 0. The first-order valence-corrected chi connectivity index (χ1v) is 14.8. The van der Waals surface area contributed by atoms with Gasteiger partial charge in [-0.2, -0.15) is 0 Å². The molecule has 220 valence electrons. The molecule has 2 aromatic heterocycles. The Morgan fingerprint density at radius 1 is 0.884 bits per heavy atom. The predicted molar refractivity (Wildman–Crippen MR) is 169 cm³/mol. The van der Waals surface area contributed by atoms with Gasteiger partial charge in [-0.15, -0.1) is 0 Å². The maximum Gasteiger partial charge on any atom is 0.410 e. The Labute approximate surface area is 252 Å². The van der Waals surface area contributed by atoms with Gasteiger partial charge in [-0.05, 0) is 46.1 Å². The van der Waals surface area contributed by atoms with Crippen LogP contribution < -0.4 is 5.73 Å². The third-order valence-electron chi connectivity index (χ3n) is 8.15. The van der Waals surface area contributed by atoms with E-state index >= 15 is 0 Å². The number of nitrogens with zero attached hydrogens (tertiary/aromatic N) is 3. The van der Waals surface area contributed by atoms with Crippen LogP contribution in [0.15, 0.2) is 91.3 Å². The molecule has 8 nitrogen and oxygen atoms in total. The summed E-state index contributed by atoms with van der Waals surface area (Å²) in [6.07, 6.45) is 5.16. The lowest BCUT2D eigenvalue weighted by atomic mass is 9.87. The van der Waals surface area contributed by atoms with E-state index < -0.39 is 0 Å². The molecule has 6 rings (SSSR count). The number of aromatic nitrogens is 4. The fraction of sp³-hybridized carbons (Fsp3) is 0.286. The van der Waals surface area contributed by atoms with E-state index in [1.807, 2.05) is 42.7 Å². The number of hydrogen-bond acceptors (Lipinski definition) is 5. The molecule has 4 N–H and O–H groups in total. The molecule has 0 spiro atoms. The molecule has 5 aromatic rings. The van der Waals surface area contributed by atoms with Gasteiger partial charge in [-0.25, -0.2) is 14.8 Å². The van der Waals surface area contributed by atoms with Crippen LogP contribution in [-0.2, 0) is 11.3 Å². The Balaban J connectivity index is 1.10. The van der Waals surface area contributed by atoms with Crippen molar-refractivity contribution in [2.24, 2.45) is 11.1 Å². The highest BCUT2D eigenvalue weighted by Crippen LogP contribution is 2.33. The quantitative estimate of drug-likeness (QED) is 0.185. The number of nitrogens with two attached hydrogens (primary N) is 1. The first-order valence-electron chi connectivity index (χ1n) is 14.8. The van der Waals surface area contributed by atoms with Crippen molar-refractivity contribution in [2.75, 3.05) is 6.54 Å². The smallest absolute Gasteiger partial charge is 0.410 e. The molecule has 3 heterocycles. The second kappa shape index (κ2) is 11.9. The van der Waals surface area contributed by atoms with Gasteiger partial charge in [0.1, 0.15) is 18.3 Å². The lowest BCUT2D eigenvalue weighted by Crippen LogP contribution is -2.31. The molecule has 1 aliphatic rings. The molecule has 2 atom stereocenters. The minimum absolute atomic E-state index is 0.0730. The van der Waals surface area contributed by atoms with Crippen LogP contribution in [0.2, 0.25) is 0 Å². The average molecular weight is 575 g/mol. The molecule has 0 radical (unpaired) electrons. The lowest BCUT2D eigenvalue weighted by molar-refractivity contribution is 0.0910. The molecule has 1 amide bonds. The van der Waals surface area contributed by atoms with E-state index in [1.54, 1.807) is 4.90 Å². The van der Waals surface area contributed by atoms with Crippen molar-refractivity contribution in [1.29, 1.82) is 0 Å². The van der Waals surface area contributed by atoms with Gasteiger partial charge in [-0.3, -0.25) is 4.90 Å². The summed E-state index contributed by atoms with van der Waals surface area (Å²) in [7, 11) is 0. The largest absolute Gasteiger partial charge is 0.445 e. The van der Waals surface area contributed by atoms with E-state index in [0.717, 1.165) is 63.7 Å². The molecule has 0 unspecified atom stereocenters. The fourth-order valence-corrected chi connectivity index (χ4v) is 5.46. The van der Waals surface area contributed by atoms with Gasteiger partial charge in [0, 0.05) is 6.54 Å². The van der Waals surface area contributed by atoms with Crippen molar-refractivity contribution in [3.05, 3.63) is 108 Å². The molecular formula is C35H38N6O2. The van der Waals surface area contributed by atoms with Crippen LogP contribution in [0.25, 0.3) is 33.6 Å². The summed E-state index contributed by atoms with van der Waals surface area (Å²) in [6.45, 7) is 7.26. The number of imidazole rings is 2. The van der Waals surface area contributed by atoms with Crippen molar-refractivity contribution in [2.45, 2.75) is 52.3 Å². The lowest BCUT2D eigenvalue weighted by Gasteiger charge is -2.24. The summed E-state index contributed by atoms with van der Waals surface area (Å²) in [5.74, 6) is 1.59. The van der Waals surface area contributed by atoms with E-state index in [-0.39, 0.29) is 30.2 Å². The Kier molecular flexibility index (Phi) is 7.86. The van der Waals surface area contributed by atoms with Gasteiger partial charge >= 0.3 is 6.09 Å². The summed E-state index contributed by atoms with van der Waals surface area (Å²) < 4.78 is 5.60. The molecule has 1 fully saturated rings. The number of aromatic amines is 2. The Bertz CT molecular complexity index is 1670. The number of carbonyl (C=O) groups is 1. The zero-order chi connectivity index (χ0) is 30.0. The van der Waals surface area contributed by atoms with E-state index in [4.69, 9.17) is 10.5 Å². The van der Waals surface area contributed by atoms with Gasteiger partial charge in [0.05, 0.1) is 35.9 Å². The minimum atomic E-state index is -0.305. The van der Waals surface area contributed by atoms with Crippen LogP contribution in [0.4, 0.5) is 4.79 Å². The number of hydrogen-bond donors (Lipinski definition) is 3. The standard InChI is InChI=1S/C35H38N6O2/c1-35(2,3)31(36)33-38-21-29(40-33)27-17-13-25(14-18-27)24-11-15-26(16-12-24)28-20-37-32(39-28)30-10-7-19-41(30)34(42)43-22-23-8-5-4-6-9-23/h4-6,8-9,11-18,20-21,30-31H,7,10,19,22,36H2,1-3H3,(H,37,39)(H,38,40)/t30-,31+/m0/s1. The van der Waals surface area contributed by atoms with Crippen LogP contribution in [0.1, 0.15) is 62.9 Å². The highest BCUT2D eigenvalue weighted by atomic mass is 16.6. The third kappa shape index (κ3) is 6.24. The normalized spacial score (nSPS) is 15.9. The summed E-state index contributed by atoms with van der Waals surface area (Å²) in [6, 6.07) is 26.3. The van der Waals surface area contributed by atoms with Gasteiger partial charge in [0.25, 0.3) is 0 Å². The fourth-order valence-electron chi connectivity index (χ4n) is 5.46. The molecule has 8 heteroatoms. The highest BCUT2D eigenvalue weighted by molar-refractivity contribution is 5.72. The first kappa shape index (κ1) is 28.4. The van der Waals surface area contributed by atoms with E-state index in [1.165, 1.54) is 0 Å². The SMILES string of the molecule is CC(C)(C)[C@H](N)c1ncc(-c2ccc(-c3ccc(-c4cnc([C@@H]5CCCN5C(=O)OCc5ccccc5)[nH]4)cc3)cc2)[nH]1. The maximum absolute atomic E-state index is 12.9. The second-order valence-corrected chi connectivity index (χ2v) is 12.3. The Morgan fingerprint density at radius 2 is 1.47 bits per heavy atom. The van der Waals surface area contributed by atoms with Crippen molar-refractivity contribution in [3.8, 4) is 33.6 Å². The van der Waals surface area contributed by atoms with Crippen LogP contribution in [-0.4, -0.2) is 37.5 Å². The summed E-state index contributed by atoms with van der Waals surface area (Å²) in [5, 5.41) is 0. The maximum atomic E-state index is 12.9. The zero-order valence-electron chi connectivity index (χ0n) is 24.9. The van der Waals surface area contributed by atoms with E-state index in [9.17, 15) is 4.79 Å². The van der Waals surface area contributed by atoms with Crippen molar-refractivity contribution in [3.63, 3.8) is 0 Å². The third-order valence-corrected chi connectivity index (χ3v) is 8.15.